The molecule has 1 aromatic carbocycles. The van der Waals surface area contributed by atoms with E-state index in [0.29, 0.717) is 17.9 Å². The predicted molar refractivity (Wildman–Crippen MR) is 108 cm³/mol. The molecule has 1 aromatic heterocycles. The summed E-state index contributed by atoms with van der Waals surface area (Å²) in [6.45, 7) is 2.45. The SMILES string of the molecule is COc1c(C2CC2)ccc2cc(C(=O)NC3C4CCN(CC4)C34CC4)sc12. The van der Waals surface area contributed by atoms with E-state index in [2.05, 4.69) is 28.4 Å². The van der Waals surface area contributed by atoms with E-state index in [0.717, 1.165) is 20.7 Å². The van der Waals surface area contributed by atoms with E-state index < -0.39 is 0 Å². The van der Waals surface area contributed by atoms with E-state index in [-0.39, 0.29) is 11.4 Å². The summed E-state index contributed by atoms with van der Waals surface area (Å²) in [4.78, 5) is 16.6. The number of carbonyl (C=O) groups excluding carboxylic acids is 1. The summed E-state index contributed by atoms with van der Waals surface area (Å²) in [6.07, 6.45) is 7.47. The lowest BCUT2D eigenvalue weighted by Gasteiger charge is -2.52. The number of ether oxygens (including phenoxy) is 1. The van der Waals surface area contributed by atoms with Crippen molar-refractivity contribution in [3.8, 4) is 5.75 Å². The maximum Gasteiger partial charge on any atom is 0.261 e. The minimum absolute atomic E-state index is 0.108. The molecule has 5 aliphatic rings. The van der Waals surface area contributed by atoms with Gasteiger partial charge in [0.1, 0.15) is 5.75 Å². The number of methoxy groups -OCH3 is 1. The fraction of sp³-hybridized carbons (Fsp3) is 0.591. The van der Waals surface area contributed by atoms with Crippen LogP contribution in [-0.2, 0) is 0 Å². The van der Waals surface area contributed by atoms with E-state index in [1.807, 2.05) is 0 Å². The zero-order chi connectivity index (χ0) is 18.2. The maximum atomic E-state index is 13.1. The molecule has 1 unspecified atom stereocenters. The van der Waals surface area contributed by atoms with Crippen molar-refractivity contribution in [3.63, 3.8) is 0 Å². The Kier molecular flexibility index (Phi) is 3.46. The Morgan fingerprint density at radius 3 is 2.67 bits per heavy atom. The number of nitrogens with one attached hydrogen (secondary N) is 1. The van der Waals surface area contributed by atoms with Crippen LogP contribution in [0, 0.1) is 5.92 Å². The van der Waals surface area contributed by atoms with Crippen LogP contribution in [0.2, 0.25) is 0 Å². The first kappa shape index (κ1) is 16.4. The number of amides is 1. The van der Waals surface area contributed by atoms with Gasteiger partial charge in [-0.15, -0.1) is 11.3 Å². The number of fused-ring (bicyclic) bond motifs is 3. The number of rotatable bonds is 4. The predicted octanol–water partition coefficient (Wildman–Crippen LogP) is 4.14. The highest BCUT2D eigenvalue weighted by atomic mass is 32.1. The molecular weight excluding hydrogens is 356 g/mol. The van der Waals surface area contributed by atoms with Crippen molar-refractivity contribution < 1.29 is 9.53 Å². The van der Waals surface area contributed by atoms with Gasteiger partial charge in [-0.1, -0.05) is 12.1 Å². The zero-order valence-electron chi connectivity index (χ0n) is 15.8. The standard InChI is InChI=1S/C22H26N2O2S/c1-26-18-16(13-2-3-13)5-4-15-12-17(27-19(15)18)21(25)23-20-14-6-10-24(11-7-14)22(20)8-9-22/h4-5,12-14,20H,2-3,6-11H2,1H3,(H,23,25). The minimum atomic E-state index is 0.108. The molecule has 5 heteroatoms. The Bertz CT molecular complexity index is 920. The maximum absolute atomic E-state index is 13.1. The molecule has 3 saturated heterocycles. The van der Waals surface area contributed by atoms with Gasteiger partial charge in [0.05, 0.1) is 22.7 Å². The third-order valence-electron chi connectivity index (χ3n) is 7.39. The van der Waals surface area contributed by atoms with Crippen LogP contribution in [0.25, 0.3) is 10.1 Å². The number of benzene rings is 1. The molecular formula is C22H26N2O2S. The molecule has 1 atom stereocenters. The van der Waals surface area contributed by atoms with Crippen molar-refractivity contribution in [2.75, 3.05) is 20.2 Å². The molecule has 1 amide bonds. The van der Waals surface area contributed by atoms with Crippen molar-refractivity contribution >= 4 is 27.3 Å². The number of hydrogen-bond acceptors (Lipinski definition) is 4. The summed E-state index contributed by atoms with van der Waals surface area (Å²) in [7, 11) is 1.75. The van der Waals surface area contributed by atoms with Crippen molar-refractivity contribution in [1.29, 1.82) is 0 Å². The molecule has 2 aromatic rings. The first-order valence-corrected chi connectivity index (χ1v) is 11.2. The quantitative estimate of drug-likeness (QED) is 0.864. The highest BCUT2D eigenvalue weighted by Gasteiger charge is 2.60. The van der Waals surface area contributed by atoms with Crippen LogP contribution in [0.5, 0.6) is 5.75 Å². The van der Waals surface area contributed by atoms with E-state index >= 15 is 0 Å². The highest BCUT2D eigenvalue weighted by Crippen LogP contribution is 2.54. The second-order valence-electron chi connectivity index (χ2n) is 8.87. The molecule has 3 aliphatic heterocycles. The van der Waals surface area contributed by atoms with Crippen molar-refractivity contribution in [3.05, 3.63) is 28.6 Å². The summed E-state index contributed by atoms with van der Waals surface area (Å²) < 4.78 is 6.89. The first-order chi connectivity index (χ1) is 13.2. The lowest BCUT2D eigenvalue weighted by Crippen LogP contribution is -2.65. The summed E-state index contributed by atoms with van der Waals surface area (Å²) in [6, 6.07) is 6.74. The average Bonchev–Trinajstić information content (AvgIpc) is 3.62. The van der Waals surface area contributed by atoms with Gasteiger partial charge in [0.15, 0.2) is 0 Å². The Morgan fingerprint density at radius 2 is 2.00 bits per heavy atom. The Labute approximate surface area is 163 Å². The molecule has 1 N–H and O–H groups in total. The van der Waals surface area contributed by atoms with Gasteiger partial charge in [0.25, 0.3) is 5.91 Å². The van der Waals surface area contributed by atoms with Gasteiger partial charge in [-0.25, -0.2) is 0 Å². The van der Waals surface area contributed by atoms with E-state index in [9.17, 15) is 4.79 Å². The van der Waals surface area contributed by atoms with Crippen LogP contribution >= 0.6 is 11.3 Å². The Morgan fingerprint density at radius 1 is 1.22 bits per heavy atom. The van der Waals surface area contributed by atoms with Gasteiger partial charge in [-0.3, -0.25) is 9.69 Å². The fourth-order valence-corrected chi connectivity index (χ4v) is 6.76. The molecule has 4 nitrogen and oxygen atoms in total. The molecule has 27 heavy (non-hydrogen) atoms. The molecule has 5 fully saturated rings. The second kappa shape index (κ2) is 5.71. The first-order valence-electron chi connectivity index (χ1n) is 10.4. The topological polar surface area (TPSA) is 41.6 Å². The van der Waals surface area contributed by atoms with Crippen molar-refractivity contribution in [2.45, 2.75) is 56.0 Å². The van der Waals surface area contributed by atoms with Gasteiger partial charge < -0.3 is 10.1 Å². The van der Waals surface area contributed by atoms with Crippen LogP contribution in [0.3, 0.4) is 0 Å². The zero-order valence-corrected chi connectivity index (χ0v) is 16.6. The van der Waals surface area contributed by atoms with Gasteiger partial charge in [0.2, 0.25) is 0 Å². The minimum Gasteiger partial charge on any atom is -0.495 e. The van der Waals surface area contributed by atoms with Gasteiger partial charge in [-0.05, 0) is 80.5 Å². The molecule has 0 radical (unpaired) electrons. The second-order valence-corrected chi connectivity index (χ2v) is 9.92. The molecule has 2 aliphatic carbocycles. The molecule has 1 spiro atoms. The number of carbonyl (C=O) groups is 1. The van der Waals surface area contributed by atoms with Gasteiger partial charge >= 0.3 is 0 Å². The highest BCUT2D eigenvalue weighted by molar-refractivity contribution is 7.21. The van der Waals surface area contributed by atoms with Gasteiger partial charge in [-0.2, -0.15) is 0 Å². The van der Waals surface area contributed by atoms with Gasteiger partial charge in [0, 0.05) is 5.54 Å². The van der Waals surface area contributed by atoms with E-state index in [1.54, 1.807) is 18.4 Å². The number of piperidine rings is 3. The summed E-state index contributed by atoms with van der Waals surface area (Å²) >= 11 is 1.59. The normalized spacial score (nSPS) is 30.6. The van der Waals surface area contributed by atoms with Crippen LogP contribution < -0.4 is 10.1 Å². The smallest absolute Gasteiger partial charge is 0.261 e. The van der Waals surface area contributed by atoms with Crippen molar-refractivity contribution in [2.24, 2.45) is 5.92 Å². The summed E-state index contributed by atoms with van der Waals surface area (Å²) in [5.74, 6) is 2.40. The monoisotopic (exact) mass is 382 g/mol. The Hall–Kier alpha value is -1.59. The van der Waals surface area contributed by atoms with Crippen LogP contribution in [-0.4, -0.2) is 42.6 Å². The van der Waals surface area contributed by atoms with Crippen LogP contribution in [0.1, 0.15) is 59.7 Å². The molecule has 2 bridgehead atoms. The number of thiophene rings is 1. The number of hydrogen-bond donors (Lipinski definition) is 1. The largest absolute Gasteiger partial charge is 0.495 e. The average molecular weight is 383 g/mol. The molecule has 2 saturated carbocycles. The molecule has 142 valence electrons. The van der Waals surface area contributed by atoms with Crippen LogP contribution in [0.4, 0.5) is 0 Å². The third kappa shape index (κ3) is 2.40. The summed E-state index contributed by atoms with van der Waals surface area (Å²) in [5.41, 5.74) is 1.60. The van der Waals surface area contributed by atoms with Crippen LogP contribution in [0.15, 0.2) is 18.2 Å². The molecule has 4 heterocycles. The summed E-state index contributed by atoms with van der Waals surface area (Å²) in [5, 5.41) is 4.58. The fourth-order valence-electron chi connectivity index (χ4n) is 5.66. The molecule has 7 rings (SSSR count). The van der Waals surface area contributed by atoms with E-state index in [4.69, 9.17) is 4.74 Å². The van der Waals surface area contributed by atoms with E-state index in [1.165, 1.54) is 57.2 Å². The third-order valence-corrected chi connectivity index (χ3v) is 8.53. The Balaban J connectivity index is 1.31. The number of nitrogens with zero attached hydrogens (tertiary/aromatic N) is 1. The lowest BCUT2D eigenvalue weighted by atomic mass is 9.77. The lowest BCUT2D eigenvalue weighted by molar-refractivity contribution is -0.00138. The van der Waals surface area contributed by atoms with Crippen molar-refractivity contribution in [1.82, 2.24) is 10.2 Å².